The first-order chi connectivity index (χ1) is 7.93. The zero-order valence-corrected chi connectivity index (χ0v) is 9.80. The maximum Gasteiger partial charge on any atom is 0.148 e. The maximum absolute atomic E-state index is 5.53. The molecule has 1 aromatic rings. The number of hydrazine groups is 1. The molecule has 1 saturated heterocycles. The summed E-state index contributed by atoms with van der Waals surface area (Å²) >= 11 is 1.68. The van der Waals surface area contributed by atoms with Crippen molar-refractivity contribution in [2.45, 2.75) is 12.8 Å². The first-order valence-corrected chi connectivity index (χ1v) is 6.54. The normalized spacial score (nSPS) is 25.4. The summed E-state index contributed by atoms with van der Waals surface area (Å²) in [6, 6.07) is 2.07. The molecule has 16 heavy (non-hydrogen) atoms. The van der Waals surface area contributed by atoms with E-state index in [9.17, 15) is 0 Å². The average Bonchev–Trinajstić information content (AvgIpc) is 3.01. The van der Waals surface area contributed by atoms with Crippen LogP contribution in [0.5, 0.6) is 0 Å². The Hall–Kier alpha value is -1.04. The fourth-order valence-corrected chi connectivity index (χ4v) is 2.71. The zero-order chi connectivity index (χ0) is 10.8. The van der Waals surface area contributed by atoms with Crippen molar-refractivity contribution in [2.24, 2.45) is 5.92 Å². The van der Waals surface area contributed by atoms with Gasteiger partial charge >= 0.3 is 0 Å². The van der Waals surface area contributed by atoms with Crippen LogP contribution in [0.3, 0.4) is 0 Å². The topological polar surface area (TPSA) is 36.5 Å². The van der Waals surface area contributed by atoms with E-state index < -0.39 is 0 Å². The van der Waals surface area contributed by atoms with Crippen LogP contribution in [-0.2, 0) is 4.84 Å². The van der Waals surface area contributed by atoms with Gasteiger partial charge < -0.3 is 10.2 Å². The molecular weight excluding hydrogens is 222 g/mol. The lowest BCUT2D eigenvalue weighted by atomic mass is 9.98. The molecule has 5 heteroatoms. The molecule has 1 aromatic heterocycles. The standard InChI is InChI=1S/C11H15N3OS/c1-2-9(6-12-4-1)11-7-14(13-15-11)10-3-5-16-8-10/h3,5,7-9,12-13H,1-2,4,6H2/t9-/m0/s1. The van der Waals surface area contributed by atoms with Crippen molar-refractivity contribution in [3.8, 4) is 0 Å². The van der Waals surface area contributed by atoms with Gasteiger partial charge in [-0.1, -0.05) is 5.59 Å². The SMILES string of the molecule is C1=C([C@H]2CCCNC2)ONN1c1ccsc1. The van der Waals surface area contributed by atoms with Gasteiger partial charge in [0.1, 0.15) is 5.76 Å². The molecule has 4 nitrogen and oxygen atoms in total. The van der Waals surface area contributed by atoms with Crippen LogP contribution in [0.2, 0.25) is 0 Å². The van der Waals surface area contributed by atoms with Gasteiger partial charge in [-0.3, -0.25) is 0 Å². The van der Waals surface area contributed by atoms with E-state index in [2.05, 4.69) is 33.9 Å². The summed E-state index contributed by atoms with van der Waals surface area (Å²) in [6.07, 6.45) is 4.49. The molecule has 3 heterocycles. The second-order valence-electron chi connectivity index (χ2n) is 4.12. The third-order valence-corrected chi connectivity index (χ3v) is 3.67. The number of thiophene rings is 1. The van der Waals surface area contributed by atoms with Gasteiger partial charge in [0.05, 0.1) is 11.9 Å². The van der Waals surface area contributed by atoms with E-state index >= 15 is 0 Å². The van der Waals surface area contributed by atoms with Gasteiger partial charge in [-0.15, -0.1) is 0 Å². The molecule has 1 fully saturated rings. The predicted molar refractivity (Wildman–Crippen MR) is 64.7 cm³/mol. The summed E-state index contributed by atoms with van der Waals surface area (Å²) in [5.74, 6) is 1.54. The van der Waals surface area contributed by atoms with Gasteiger partial charge in [-0.25, -0.2) is 5.01 Å². The molecule has 0 aliphatic carbocycles. The van der Waals surface area contributed by atoms with Gasteiger partial charge in [0.25, 0.3) is 0 Å². The van der Waals surface area contributed by atoms with E-state index in [0.29, 0.717) is 5.92 Å². The fraction of sp³-hybridized carbons (Fsp3) is 0.455. The van der Waals surface area contributed by atoms with E-state index in [-0.39, 0.29) is 0 Å². The van der Waals surface area contributed by atoms with E-state index in [1.165, 1.54) is 12.8 Å². The van der Waals surface area contributed by atoms with Crippen LogP contribution in [0.1, 0.15) is 12.8 Å². The van der Waals surface area contributed by atoms with Gasteiger partial charge in [0, 0.05) is 17.8 Å². The van der Waals surface area contributed by atoms with Crippen molar-refractivity contribution in [3.05, 3.63) is 28.8 Å². The van der Waals surface area contributed by atoms with Gasteiger partial charge in [-0.2, -0.15) is 11.3 Å². The molecule has 3 rings (SSSR count). The number of hydrogen-bond donors (Lipinski definition) is 2. The molecule has 2 aliphatic rings. The van der Waals surface area contributed by atoms with Crippen molar-refractivity contribution in [3.63, 3.8) is 0 Å². The van der Waals surface area contributed by atoms with E-state index in [0.717, 1.165) is 24.5 Å². The van der Waals surface area contributed by atoms with Gasteiger partial charge in [0.15, 0.2) is 0 Å². The highest BCUT2D eigenvalue weighted by Crippen LogP contribution is 2.26. The van der Waals surface area contributed by atoms with Crippen molar-refractivity contribution in [2.75, 3.05) is 18.1 Å². The Balaban J connectivity index is 1.71. The average molecular weight is 237 g/mol. The third kappa shape index (κ3) is 1.93. The molecule has 2 aliphatic heterocycles. The lowest BCUT2D eigenvalue weighted by Gasteiger charge is -2.21. The molecule has 1 atom stereocenters. The molecule has 0 bridgehead atoms. The molecule has 0 saturated carbocycles. The van der Waals surface area contributed by atoms with Crippen LogP contribution in [-0.4, -0.2) is 13.1 Å². The highest BCUT2D eigenvalue weighted by atomic mass is 32.1. The molecule has 0 spiro atoms. The highest BCUT2D eigenvalue weighted by Gasteiger charge is 2.25. The number of piperidine rings is 1. The second-order valence-corrected chi connectivity index (χ2v) is 4.90. The van der Waals surface area contributed by atoms with Crippen molar-refractivity contribution in [1.82, 2.24) is 10.9 Å². The van der Waals surface area contributed by atoms with Crippen molar-refractivity contribution >= 4 is 17.0 Å². The Morgan fingerprint density at radius 2 is 2.50 bits per heavy atom. The maximum atomic E-state index is 5.53. The number of rotatable bonds is 2. The molecule has 0 aromatic carbocycles. The summed E-state index contributed by atoms with van der Waals surface area (Å²) in [4.78, 5) is 5.53. The zero-order valence-electron chi connectivity index (χ0n) is 8.98. The molecular formula is C11H15N3OS. The minimum atomic E-state index is 0.505. The first-order valence-electron chi connectivity index (χ1n) is 5.60. The number of nitrogens with one attached hydrogen (secondary N) is 2. The molecule has 0 radical (unpaired) electrons. The Labute approximate surface area is 98.8 Å². The lowest BCUT2D eigenvalue weighted by Crippen LogP contribution is -2.31. The highest BCUT2D eigenvalue weighted by molar-refractivity contribution is 7.08. The minimum Gasteiger partial charge on any atom is -0.391 e. The minimum absolute atomic E-state index is 0.505. The van der Waals surface area contributed by atoms with Crippen LogP contribution in [0.4, 0.5) is 5.69 Å². The smallest absolute Gasteiger partial charge is 0.148 e. The molecule has 0 amide bonds. The Morgan fingerprint density at radius 1 is 1.50 bits per heavy atom. The van der Waals surface area contributed by atoms with Crippen LogP contribution < -0.4 is 15.9 Å². The number of anilines is 1. The third-order valence-electron chi connectivity index (χ3n) is 3.00. The Kier molecular flexibility index (Phi) is 2.82. The van der Waals surface area contributed by atoms with E-state index in [1.807, 2.05) is 5.01 Å². The first kappa shape index (κ1) is 10.1. The lowest BCUT2D eigenvalue weighted by molar-refractivity contribution is 0.101. The molecule has 86 valence electrons. The Morgan fingerprint density at radius 3 is 3.25 bits per heavy atom. The van der Waals surface area contributed by atoms with E-state index in [4.69, 9.17) is 4.84 Å². The number of hydrogen-bond acceptors (Lipinski definition) is 5. The van der Waals surface area contributed by atoms with Crippen LogP contribution >= 0.6 is 11.3 Å². The summed E-state index contributed by atoms with van der Waals surface area (Å²) < 4.78 is 0. The second kappa shape index (κ2) is 4.45. The van der Waals surface area contributed by atoms with Crippen molar-refractivity contribution < 1.29 is 4.84 Å². The van der Waals surface area contributed by atoms with E-state index in [1.54, 1.807) is 11.3 Å². The largest absolute Gasteiger partial charge is 0.391 e. The monoisotopic (exact) mass is 237 g/mol. The van der Waals surface area contributed by atoms with Crippen LogP contribution in [0, 0.1) is 5.92 Å². The summed E-state index contributed by atoms with van der Waals surface area (Å²) in [6.45, 7) is 2.15. The molecule has 2 N–H and O–H groups in total. The number of nitrogens with zero attached hydrogens (tertiary/aromatic N) is 1. The van der Waals surface area contributed by atoms with Gasteiger partial charge in [0.2, 0.25) is 0 Å². The van der Waals surface area contributed by atoms with Gasteiger partial charge in [-0.05, 0) is 30.8 Å². The quantitative estimate of drug-likeness (QED) is 0.823. The Bertz CT molecular complexity index is 371. The predicted octanol–water partition coefficient (Wildman–Crippen LogP) is 1.85. The molecule has 0 unspecified atom stereocenters. The van der Waals surface area contributed by atoms with Crippen LogP contribution in [0.25, 0.3) is 0 Å². The van der Waals surface area contributed by atoms with Crippen LogP contribution in [0.15, 0.2) is 28.8 Å². The van der Waals surface area contributed by atoms with Crippen molar-refractivity contribution in [1.29, 1.82) is 0 Å². The summed E-state index contributed by atoms with van der Waals surface area (Å²) in [7, 11) is 0. The fourth-order valence-electron chi connectivity index (χ4n) is 2.09. The summed E-state index contributed by atoms with van der Waals surface area (Å²) in [5.41, 5.74) is 4.05. The summed E-state index contributed by atoms with van der Waals surface area (Å²) in [5, 5.41) is 9.48.